The first-order valence-electron chi connectivity index (χ1n) is 9.62. The summed E-state index contributed by atoms with van der Waals surface area (Å²) in [7, 11) is 0. The van der Waals surface area contributed by atoms with E-state index in [2.05, 4.69) is 5.32 Å². The molecule has 0 saturated carbocycles. The van der Waals surface area contributed by atoms with Gasteiger partial charge >= 0.3 is 0 Å². The van der Waals surface area contributed by atoms with E-state index in [1.165, 1.54) is 16.8 Å². The molecule has 0 fully saturated rings. The van der Waals surface area contributed by atoms with Gasteiger partial charge in [0.05, 0.1) is 6.10 Å². The number of rotatable bonds is 3. The van der Waals surface area contributed by atoms with Gasteiger partial charge < -0.3 is 19.7 Å². The Kier molecular flexibility index (Phi) is 6.61. The minimum absolute atomic E-state index is 0.128. The summed E-state index contributed by atoms with van der Waals surface area (Å²) in [6.07, 6.45) is 2.18. The molecule has 0 radical (unpaired) electrons. The van der Waals surface area contributed by atoms with Crippen molar-refractivity contribution in [1.82, 2.24) is 9.88 Å². The largest absolute Gasteiger partial charge is 0.503 e. The normalized spacial score (nSPS) is 17.3. The van der Waals surface area contributed by atoms with E-state index in [9.17, 15) is 28.3 Å². The number of ether oxygens (including phenoxy) is 1. The van der Waals surface area contributed by atoms with E-state index >= 15 is 0 Å². The minimum Gasteiger partial charge on any atom is -0.503 e. The lowest BCUT2D eigenvalue weighted by Crippen LogP contribution is -2.32. The smallest absolute Gasteiger partial charge is 0.257 e. The molecule has 0 bridgehead atoms. The van der Waals surface area contributed by atoms with Crippen molar-refractivity contribution in [3.63, 3.8) is 0 Å². The first-order chi connectivity index (χ1) is 14.3. The number of carbonyl (C=O) groups is 2. The lowest BCUT2D eigenvalue weighted by Gasteiger charge is -2.21. The molecule has 1 aliphatic heterocycles. The van der Waals surface area contributed by atoms with Crippen LogP contribution in [-0.4, -0.2) is 34.1 Å². The molecule has 1 atom stereocenters. The van der Waals surface area contributed by atoms with Gasteiger partial charge in [0.1, 0.15) is 22.9 Å². The Bertz CT molecular complexity index is 1010. The van der Waals surface area contributed by atoms with Gasteiger partial charge in [0.2, 0.25) is 5.43 Å². The predicted molar refractivity (Wildman–Crippen MR) is 103 cm³/mol. The van der Waals surface area contributed by atoms with Crippen LogP contribution in [0.3, 0.4) is 0 Å². The van der Waals surface area contributed by atoms with E-state index in [0.717, 1.165) is 12.1 Å². The molecule has 0 unspecified atom stereocenters. The summed E-state index contributed by atoms with van der Waals surface area (Å²) in [5.41, 5.74) is -1.99. The molecule has 160 valence electrons. The number of hydrogen-bond donors (Lipinski definition) is 2. The number of halogens is 2. The Morgan fingerprint density at radius 2 is 1.97 bits per heavy atom. The number of nitrogens with zero attached hydrogens (tertiary/aromatic N) is 1. The number of aromatic hydroxyl groups is 1. The lowest BCUT2D eigenvalue weighted by atomic mass is 10.1. The summed E-state index contributed by atoms with van der Waals surface area (Å²) in [5, 5.41) is 12.7. The van der Waals surface area contributed by atoms with Crippen LogP contribution in [-0.2, 0) is 17.8 Å². The number of Topliss-reactive ketones (excluding diaryl/α,β-unsaturated/α-hetero) is 1. The molecule has 2 N–H and O–H groups in total. The number of hydrogen-bond acceptors (Lipinski definition) is 5. The topological polar surface area (TPSA) is 97.6 Å². The molecular formula is C21H22F2N2O5. The highest BCUT2D eigenvalue weighted by Crippen LogP contribution is 2.20. The summed E-state index contributed by atoms with van der Waals surface area (Å²) in [6.45, 7) is 1.89. The number of benzene rings is 1. The van der Waals surface area contributed by atoms with E-state index in [4.69, 9.17) is 4.74 Å². The van der Waals surface area contributed by atoms with E-state index in [0.29, 0.717) is 19.4 Å². The second-order valence-corrected chi connectivity index (χ2v) is 7.17. The molecular weight excluding hydrogens is 398 g/mol. The van der Waals surface area contributed by atoms with Gasteiger partial charge in [0.25, 0.3) is 5.91 Å². The van der Waals surface area contributed by atoms with Crippen LogP contribution in [0.4, 0.5) is 8.78 Å². The van der Waals surface area contributed by atoms with Gasteiger partial charge in [0.15, 0.2) is 11.5 Å². The Balaban J connectivity index is 1.94. The summed E-state index contributed by atoms with van der Waals surface area (Å²) in [5.74, 6) is -3.82. The van der Waals surface area contributed by atoms with Crippen LogP contribution in [0.2, 0.25) is 0 Å². The van der Waals surface area contributed by atoms with Crippen molar-refractivity contribution in [3.05, 3.63) is 63.1 Å². The molecule has 1 aromatic carbocycles. The predicted octanol–water partition coefficient (Wildman–Crippen LogP) is 2.53. The highest BCUT2D eigenvalue weighted by Gasteiger charge is 2.25. The van der Waals surface area contributed by atoms with Gasteiger partial charge in [-0.3, -0.25) is 14.4 Å². The van der Waals surface area contributed by atoms with Crippen LogP contribution in [0.1, 0.15) is 52.6 Å². The quantitative estimate of drug-likeness (QED) is 0.795. The molecule has 1 aliphatic rings. The van der Waals surface area contributed by atoms with Gasteiger partial charge in [-0.15, -0.1) is 0 Å². The zero-order valence-corrected chi connectivity index (χ0v) is 16.4. The second-order valence-electron chi connectivity index (χ2n) is 7.17. The van der Waals surface area contributed by atoms with Crippen molar-refractivity contribution in [2.45, 2.75) is 45.4 Å². The number of ketones is 1. The Morgan fingerprint density at radius 1 is 1.27 bits per heavy atom. The molecule has 2 heterocycles. The zero-order valence-electron chi connectivity index (χ0n) is 16.4. The monoisotopic (exact) mass is 420 g/mol. The number of nitrogens with one attached hydrogen (secondary N) is 1. The van der Waals surface area contributed by atoms with Gasteiger partial charge in [0, 0.05) is 37.9 Å². The highest BCUT2D eigenvalue weighted by atomic mass is 19.1. The van der Waals surface area contributed by atoms with Crippen molar-refractivity contribution in [3.8, 4) is 5.75 Å². The number of aromatic nitrogens is 1. The van der Waals surface area contributed by atoms with Gasteiger partial charge in [-0.1, -0.05) is 6.07 Å². The van der Waals surface area contributed by atoms with E-state index < -0.39 is 46.6 Å². The van der Waals surface area contributed by atoms with Gasteiger partial charge in [-0.25, -0.2) is 8.78 Å². The molecule has 9 heteroatoms. The van der Waals surface area contributed by atoms with E-state index in [-0.39, 0.29) is 30.3 Å². The molecule has 3 rings (SSSR count). The second kappa shape index (κ2) is 9.17. The van der Waals surface area contributed by atoms with Crippen molar-refractivity contribution < 1.29 is 28.2 Å². The van der Waals surface area contributed by atoms with Crippen LogP contribution >= 0.6 is 0 Å². The van der Waals surface area contributed by atoms with E-state index in [1.54, 1.807) is 6.92 Å². The van der Waals surface area contributed by atoms with Crippen molar-refractivity contribution in [2.24, 2.45) is 0 Å². The van der Waals surface area contributed by atoms with Crippen LogP contribution in [0.25, 0.3) is 0 Å². The Labute approximate surface area is 171 Å². The summed E-state index contributed by atoms with van der Waals surface area (Å²) >= 11 is 0. The first kappa shape index (κ1) is 21.6. The third-order valence-corrected chi connectivity index (χ3v) is 4.91. The van der Waals surface area contributed by atoms with Crippen LogP contribution in [0.15, 0.2) is 29.2 Å². The fourth-order valence-electron chi connectivity index (χ4n) is 3.33. The third kappa shape index (κ3) is 4.56. The Morgan fingerprint density at radius 3 is 2.67 bits per heavy atom. The first-order valence-corrected chi connectivity index (χ1v) is 9.62. The minimum atomic E-state index is -1.02. The molecule has 0 spiro atoms. The fraction of sp³-hybridized carbons (Fsp3) is 0.381. The van der Waals surface area contributed by atoms with Crippen LogP contribution in [0, 0.1) is 11.6 Å². The molecule has 30 heavy (non-hydrogen) atoms. The maximum atomic E-state index is 13.8. The maximum absolute atomic E-state index is 13.8. The molecule has 0 aliphatic carbocycles. The summed E-state index contributed by atoms with van der Waals surface area (Å²) < 4.78 is 34.5. The van der Waals surface area contributed by atoms with E-state index in [1.807, 2.05) is 0 Å². The standard InChI is InChI=1S/C21H22F2N2O5/c1-12-10-25-11-14(21(29)24-9-13-15(22)5-4-6-16(13)23)19(27)20(28)18(25)17(26)7-2-3-8-30-12/h4-6,11-12,28H,2-3,7-10H2,1H3,(H,24,29)/t12-/m1/s1. The number of fused-ring (bicyclic) bond motifs is 1. The van der Waals surface area contributed by atoms with Crippen LogP contribution < -0.4 is 10.7 Å². The average molecular weight is 420 g/mol. The molecule has 1 amide bonds. The van der Waals surface area contributed by atoms with Crippen molar-refractivity contribution >= 4 is 11.7 Å². The average Bonchev–Trinajstić information content (AvgIpc) is 2.69. The molecule has 7 nitrogen and oxygen atoms in total. The maximum Gasteiger partial charge on any atom is 0.257 e. The summed E-state index contributed by atoms with van der Waals surface area (Å²) in [6, 6.07) is 3.30. The SMILES string of the molecule is C[C@@H]1Cn2cc(C(=O)NCc3c(F)cccc3F)c(=O)c(O)c2C(=O)CCCCO1. The lowest BCUT2D eigenvalue weighted by molar-refractivity contribution is 0.0485. The summed E-state index contributed by atoms with van der Waals surface area (Å²) in [4.78, 5) is 37.6. The van der Waals surface area contributed by atoms with Crippen molar-refractivity contribution in [2.75, 3.05) is 6.61 Å². The van der Waals surface area contributed by atoms with Crippen molar-refractivity contribution in [1.29, 1.82) is 0 Å². The fourth-order valence-corrected chi connectivity index (χ4v) is 3.33. The number of amides is 1. The van der Waals surface area contributed by atoms with Crippen LogP contribution in [0.5, 0.6) is 5.75 Å². The van der Waals surface area contributed by atoms with Gasteiger partial charge in [-0.05, 0) is 31.9 Å². The molecule has 0 saturated heterocycles. The third-order valence-electron chi connectivity index (χ3n) is 4.91. The zero-order chi connectivity index (χ0) is 21.8. The number of carbonyl (C=O) groups excluding carboxylic acids is 2. The molecule has 1 aromatic heterocycles. The number of pyridine rings is 1. The highest BCUT2D eigenvalue weighted by molar-refractivity contribution is 5.99. The Hall–Kier alpha value is -3.07. The van der Waals surface area contributed by atoms with Gasteiger partial charge in [-0.2, -0.15) is 0 Å². The molecule has 2 aromatic rings.